The fourth-order valence-electron chi connectivity index (χ4n) is 2.41. The maximum Gasteiger partial charge on any atom is 0.0525 e. The average molecular weight is 290 g/mol. The number of rotatable bonds is 6. The van der Waals surface area contributed by atoms with Crippen LogP contribution in [0, 0.1) is 0 Å². The van der Waals surface area contributed by atoms with Crippen LogP contribution in [0.4, 0.5) is 0 Å². The molecule has 0 fully saturated rings. The number of para-hydroxylation sites is 1. The van der Waals surface area contributed by atoms with E-state index in [1.165, 1.54) is 28.6 Å². The second-order valence-electron chi connectivity index (χ2n) is 6.31. The van der Waals surface area contributed by atoms with Gasteiger partial charge in [0.25, 0.3) is 0 Å². The Morgan fingerprint density at radius 1 is 1.20 bits per heavy atom. The quantitative estimate of drug-likeness (QED) is 0.800. The van der Waals surface area contributed by atoms with Crippen molar-refractivity contribution in [3.05, 3.63) is 36.0 Å². The van der Waals surface area contributed by atoms with Crippen LogP contribution in [-0.4, -0.2) is 22.1 Å². The molecular weight excluding hydrogens is 264 g/mol. The Morgan fingerprint density at radius 2 is 2.00 bits per heavy atom. The van der Waals surface area contributed by atoms with Crippen molar-refractivity contribution in [3.8, 4) is 0 Å². The van der Waals surface area contributed by atoms with Gasteiger partial charge in [-0.3, -0.25) is 0 Å². The van der Waals surface area contributed by atoms with E-state index in [0.29, 0.717) is 0 Å². The second kappa shape index (κ2) is 6.68. The second-order valence-corrected chi connectivity index (χ2v) is 7.30. The molecule has 1 aromatic carbocycles. The van der Waals surface area contributed by atoms with Crippen LogP contribution >= 0.6 is 11.8 Å². The van der Waals surface area contributed by atoms with Gasteiger partial charge in [-0.15, -0.1) is 0 Å². The Morgan fingerprint density at radius 3 is 2.70 bits per heavy atom. The van der Waals surface area contributed by atoms with Crippen LogP contribution in [0.3, 0.4) is 0 Å². The summed E-state index contributed by atoms with van der Waals surface area (Å²) in [7, 11) is 0. The van der Waals surface area contributed by atoms with E-state index in [4.69, 9.17) is 0 Å². The summed E-state index contributed by atoms with van der Waals surface area (Å²) in [5.41, 5.74) is 2.94. The summed E-state index contributed by atoms with van der Waals surface area (Å²) < 4.78 is 2.41. The summed E-state index contributed by atoms with van der Waals surface area (Å²) in [6.07, 6.45) is 5.63. The van der Waals surface area contributed by atoms with Crippen molar-refractivity contribution in [2.75, 3.05) is 12.0 Å². The number of hydrogen-bond acceptors (Lipinski definition) is 2. The van der Waals surface area contributed by atoms with Gasteiger partial charge < -0.3 is 9.88 Å². The van der Waals surface area contributed by atoms with Gasteiger partial charge in [-0.1, -0.05) is 18.2 Å². The molecule has 2 nitrogen and oxygen atoms in total. The van der Waals surface area contributed by atoms with E-state index in [1.54, 1.807) is 0 Å². The number of thioether (sulfide) groups is 1. The van der Waals surface area contributed by atoms with Gasteiger partial charge in [0, 0.05) is 24.8 Å². The highest BCUT2D eigenvalue weighted by atomic mass is 32.2. The Kier molecular flexibility index (Phi) is 5.17. The lowest BCUT2D eigenvalue weighted by molar-refractivity contribution is 0.424. The van der Waals surface area contributed by atoms with Gasteiger partial charge in [-0.05, 0) is 56.2 Å². The summed E-state index contributed by atoms with van der Waals surface area (Å²) in [5, 5.41) is 4.95. The van der Waals surface area contributed by atoms with Crippen LogP contribution in [0.2, 0.25) is 0 Å². The zero-order valence-corrected chi connectivity index (χ0v) is 13.9. The minimum Gasteiger partial charge on any atom is -0.347 e. The van der Waals surface area contributed by atoms with Crippen molar-refractivity contribution in [1.82, 2.24) is 9.88 Å². The van der Waals surface area contributed by atoms with E-state index in [1.807, 2.05) is 11.8 Å². The maximum atomic E-state index is 3.60. The van der Waals surface area contributed by atoms with E-state index in [0.717, 1.165) is 13.1 Å². The van der Waals surface area contributed by atoms with Crippen molar-refractivity contribution in [3.63, 3.8) is 0 Å². The smallest absolute Gasteiger partial charge is 0.0525 e. The summed E-state index contributed by atoms with van der Waals surface area (Å²) in [4.78, 5) is 0. The van der Waals surface area contributed by atoms with Crippen LogP contribution in [0.25, 0.3) is 10.9 Å². The molecule has 1 N–H and O–H groups in total. The molecule has 0 unspecified atom stereocenters. The van der Waals surface area contributed by atoms with E-state index < -0.39 is 0 Å². The van der Waals surface area contributed by atoms with Crippen LogP contribution in [0.5, 0.6) is 0 Å². The van der Waals surface area contributed by atoms with Gasteiger partial charge in [0.1, 0.15) is 0 Å². The molecule has 0 spiro atoms. The zero-order chi connectivity index (χ0) is 14.6. The number of hydrogen-bond donors (Lipinski definition) is 1. The van der Waals surface area contributed by atoms with Crippen molar-refractivity contribution in [2.45, 2.75) is 45.8 Å². The molecule has 0 atom stereocenters. The van der Waals surface area contributed by atoms with Crippen molar-refractivity contribution < 1.29 is 0 Å². The molecule has 1 aromatic heterocycles. The monoisotopic (exact) mass is 290 g/mol. The first-order valence-electron chi connectivity index (χ1n) is 7.32. The van der Waals surface area contributed by atoms with Crippen molar-refractivity contribution >= 4 is 22.7 Å². The summed E-state index contributed by atoms with van der Waals surface area (Å²) in [6, 6.07) is 8.84. The average Bonchev–Trinajstić information content (AvgIpc) is 2.80. The van der Waals surface area contributed by atoms with Gasteiger partial charge in [0.2, 0.25) is 0 Å². The topological polar surface area (TPSA) is 17.0 Å². The molecular formula is C17H26N2S. The third-order valence-electron chi connectivity index (χ3n) is 3.43. The van der Waals surface area contributed by atoms with E-state index >= 15 is 0 Å². The molecule has 110 valence electrons. The largest absolute Gasteiger partial charge is 0.347 e. The highest BCUT2D eigenvalue weighted by Gasteiger charge is 2.11. The molecule has 0 aliphatic heterocycles. The van der Waals surface area contributed by atoms with Gasteiger partial charge in [-0.2, -0.15) is 11.8 Å². The minimum absolute atomic E-state index is 0.151. The normalized spacial score (nSPS) is 12.2. The predicted molar refractivity (Wildman–Crippen MR) is 91.5 cm³/mol. The lowest BCUT2D eigenvalue weighted by Crippen LogP contribution is -2.35. The maximum absolute atomic E-state index is 3.60. The first-order chi connectivity index (χ1) is 9.51. The van der Waals surface area contributed by atoms with Crippen LogP contribution < -0.4 is 5.32 Å². The van der Waals surface area contributed by atoms with Gasteiger partial charge in [-0.25, -0.2) is 0 Å². The molecule has 0 bridgehead atoms. The van der Waals surface area contributed by atoms with E-state index in [-0.39, 0.29) is 5.54 Å². The number of aromatic nitrogens is 1. The molecule has 1 heterocycles. The molecule has 20 heavy (non-hydrogen) atoms. The highest BCUT2D eigenvalue weighted by Crippen LogP contribution is 2.21. The Hall–Kier alpha value is -0.930. The summed E-state index contributed by atoms with van der Waals surface area (Å²) in [6.45, 7) is 8.67. The minimum atomic E-state index is 0.151. The van der Waals surface area contributed by atoms with Gasteiger partial charge in [0.15, 0.2) is 0 Å². The molecule has 0 saturated heterocycles. The number of aryl methyl sites for hydroxylation is 1. The molecule has 2 rings (SSSR count). The number of fused-ring (bicyclic) bond motifs is 1. The number of nitrogens with one attached hydrogen (secondary N) is 1. The molecule has 0 saturated carbocycles. The number of nitrogens with zero attached hydrogens (tertiary/aromatic N) is 1. The first-order valence-corrected chi connectivity index (χ1v) is 8.71. The van der Waals surface area contributed by atoms with Crippen LogP contribution in [0.1, 0.15) is 32.8 Å². The lowest BCUT2D eigenvalue weighted by atomic mass is 10.1. The van der Waals surface area contributed by atoms with Crippen LogP contribution in [-0.2, 0) is 13.1 Å². The molecule has 3 heteroatoms. The van der Waals surface area contributed by atoms with Crippen LogP contribution in [0.15, 0.2) is 30.5 Å². The summed E-state index contributed by atoms with van der Waals surface area (Å²) >= 11 is 1.92. The molecule has 0 aliphatic carbocycles. The molecule has 2 aromatic rings. The zero-order valence-electron chi connectivity index (χ0n) is 13.1. The third kappa shape index (κ3) is 4.03. The molecule has 0 aliphatic rings. The van der Waals surface area contributed by atoms with E-state index in [9.17, 15) is 0 Å². The predicted octanol–water partition coefficient (Wildman–Crippen LogP) is 4.28. The van der Waals surface area contributed by atoms with Gasteiger partial charge >= 0.3 is 0 Å². The summed E-state index contributed by atoms with van der Waals surface area (Å²) in [5.74, 6) is 1.22. The molecule has 0 radical (unpaired) electrons. The third-order valence-corrected chi connectivity index (χ3v) is 4.13. The molecule has 0 amide bonds. The van der Waals surface area contributed by atoms with E-state index in [2.05, 4.69) is 67.4 Å². The Bertz CT molecular complexity index is 552. The first kappa shape index (κ1) is 15.5. The van der Waals surface area contributed by atoms with Crippen molar-refractivity contribution in [1.29, 1.82) is 0 Å². The van der Waals surface area contributed by atoms with Crippen molar-refractivity contribution in [2.24, 2.45) is 0 Å². The van der Waals surface area contributed by atoms with Gasteiger partial charge in [0.05, 0.1) is 5.52 Å². The Labute approximate surface area is 126 Å². The standard InChI is InChI=1S/C17H26N2S/c1-17(2,3)18-13-15-8-5-7-14-9-11-19(16(14)15)10-6-12-20-4/h5,7-9,11,18H,6,10,12-13H2,1-4H3. The fraction of sp³-hybridized carbons (Fsp3) is 0.529. The fourth-order valence-corrected chi connectivity index (χ4v) is 2.83. The number of benzene rings is 1. The lowest BCUT2D eigenvalue weighted by Gasteiger charge is -2.21. The SMILES string of the molecule is CSCCCn1ccc2cccc(CNC(C)(C)C)c21. The highest BCUT2D eigenvalue weighted by molar-refractivity contribution is 7.98. The Balaban J connectivity index is 2.22.